The summed E-state index contributed by atoms with van der Waals surface area (Å²) in [4.78, 5) is 17.3. The summed E-state index contributed by atoms with van der Waals surface area (Å²) in [5.41, 5.74) is 4.85. The van der Waals surface area contributed by atoms with Crippen LogP contribution < -0.4 is 5.56 Å². The van der Waals surface area contributed by atoms with Crippen molar-refractivity contribution in [2.45, 2.75) is 27.3 Å². The van der Waals surface area contributed by atoms with E-state index < -0.39 is 0 Å². The Labute approximate surface area is 132 Å². The topological polar surface area (TPSA) is 65.3 Å². The highest BCUT2D eigenvalue weighted by Gasteiger charge is 2.16. The second kappa shape index (κ2) is 4.81. The van der Waals surface area contributed by atoms with Crippen molar-refractivity contribution in [2.24, 2.45) is 0 Å². The summed E-state index contributed by atoms with van der Waals surface area (Å²) >= 11 is 0. The molecule has 6 heteroatoms. The molecule has 4 rings (SSSR count). The fraction of sp³-hybridized carbons (Fsp3) is 0.235. The molecule has 0 fully saturated rings. The summed E-state index contributed by atoms with van der Waals surface area (Å²) in [6.45, 7) is 6.04. The van der Waals surface area contributed by atoms with E-state index in [0.717, 1.165) is 33.7 Å². The lowest BCUT2D eigenvalue weighted by atomic mass is 10.2. The number of hydrogen-bond donors (Lipinski definition) is 0. The van der Waals surface area contributed by atoms with Crippen LogP contribution in [0, 0.1) is 20.8 Å². The third-order valence-corrected chi connectivity index (χ3v) is 4.33. The molecule has 0 unspecified atom stereocenters. The summed E-state index contributed by atoms with van der Waals surface area (Å²) < 4.78 is 8.86. The monoisotopic (exact) mass is 308 g/mol. The van der Waals surface area contributed by atoms with Crippen LogP contribution in [-0.2, 0) is 6.54 Å². The zero-order valence-corrected chi connectivity index (χ0v) is 13.2. The highest BCUT2D eigenvalue weighted by molar-refractivity contribution is 5.79. The fourth-order valence-corrected chi connectivity index (χ4v) is 3.05. The van der Waals surface area contributed by atoms with Crippen molar-refractivity contribution in [3.05, 3.63) is 63.7 Å². The van der Waals surface area contributed by atoms with E-state index in [9.17, 15) is 4.79 Å². The average Bonchev–Trinajstić information content (AvgIpc) is 3.08. The van der Waals surface area contributed by atoms with Gasteiger partial charge in [-0.1, -0.05) is 17.3 Å². The summed E-state index contributed by atoms with van der Waals surface area (Å²) in [5, 5.41) is 3.98. The van der Waals surface area contributed by atoms with E-state index in [1.807, 2.05) is 49.4 Å². The first-order chi connectivity index (χ1) is 11.1. The molecule has 1 aromatic carbocycles. The van der Waals surface area contributed by atoms with Crippen LogP contribution in [-0.4, -0.2) is 19.1 Å². The summed E-state index contributed by atoms with van der Waals surface area (Å²) in [6, 6.07) is 7.83. The molecule has 0 aliphatic heterocycles. The molecule has 0 radical (unpaired) electrons. The van der Waals surface area contributed by atoms with Gasteiger partial charge < -0.3 is 9.09 Å². The molecule has 0 aliphatic rings. The second-order valence-electron chi connectivity index (χ2n) is 5.73. The first-order valence-corrected chi connectivity index (χ1v) is 7.45. The van der Waals surface area contributed by atoms with Crippen molar-refractivity contribution >= 4 is 16.6 Å². The van der Waals surface area contributed by atoms with Gasteiger partial charge in [0.25, 0.3) is 5.56 Å². The van der Waals surface area contributed by atoms with Crippen molar-refractivity contribution in [1.29, 1.82) is 0 Å². The zero-order valence-electron chi connectivity index (χ0n) is 13.2. The van der Waals surface area contributed by atoms with Crippen LogP contribution in [0.2, 0.25) is 0 Å². The Kier molecular flexibility index (Phi) is 2.87. The molecule has 0 saturated heterocycles. The normalized spacial score (nSPS) is 11.6. The van der Waals surface area contributed by atoms with Crippen LogP contribution in [0.3, 0.4) is 0 Å². The van der Waals surface area contributed by atoms with E-state index >= 15 is 0 Å². The lowest BCUT2D eigenvalue weighted by molar-refractivity contribution is 0.392. The molecule has 23 heavy (non-hydrogen) atoms. The number of fused-ring (bicyclic) bond motifs is 3. The highest BCUT2D eigenvalue weighted by atomic mass is 16.5. The Morgan fingerprint density at radius 1 is 1.09 bits per heavy atom. The predicted molar refractivity (Wildman–Crippen MR) is 86.8 cm³/mol. The molecule has 4 aromatic rings. The minimum Gasteiger partial charge on any atom is -0.361 e. The molecule has 0 bridgehead atoms. The number of imidazole rings is 1. The van der Waals surface area contributed by atoms with Gasteiger partial charge in [0.2, 0.25) is 0 Å². The third-order valence-electron chi connectivity index (χ3n) is 4.33. The van der Waals surface area contributed by atoms with E-state index in [4.69, 9.17) is 4.52 Å². The van der Waals surface area contributed by atoms with Crippen molar-refractivity contribution < 1.29 is 4.52 Å². The van der Waals surface area contributed by atoms with Gasteiger partial charge in [-0.2, -0.15) is 0 Å². The van der Waals surface area contributed by atoms with E-state index in [0.29, 0.717) is 12.1 Å². The van der Waals surface area contributed by atoms with E-state index in [1.54, 1.807) is 10.9 Å². The SMILES string of the molecule is Cc1noc(C)c1Cn1c(=O)c2c(C)ncn2c2ccccc21. The van der Waals surface area contributed by atoms with Gasteiger partial charge in [0.05, 0.1) is 29.0 Å². The largest absolute Gasteiger partial charge is 0.361 e. The van der Waals surface area contributed by atoms with Gasteiger partial charge in [0, 0.05) is 5.56 Å². The number of benzene rings is 1. The fourth-order valence-electron chi connectivity index (χ4n) is 3.05. The zero-order chi connectivity index (χ0) is 16.1. The van der Waals surface area contributed by atoms with Gasteiger partial charge in [0.1, 0.15) is 17.6 Å². The van der Waals surface area contributed by atoms with Crippen molar-refractivity contribution in [3.63, 3.8) is 0 Å². The standard InChI is InChI=1S/C17H16N4O2/c1-10-13(12(3)23-19-10)8-20-14-6-4-5-7-15(14)21-9-18-11(2)16(21)17(20)22/h4-7,9H,8H2,1-3H3. The second-order valence-corrected chi connectivity index (χ2v) is 5.73. The molecule has 0 amide bonds. The van der Waals surface area contributed by atoms with Crippen LogP contribution >= 0.6 is 0 Å². The van der Waals surface area contributed by atoms with Crippen LogP contribution in [0.5, 0.6) is 0 Å². The molecule has 0 aliphatic carbocycles. The molecular formula is C17H16N4O2. The van der Waals surface area contributed by atoms with Gasteiger partial charge in [0.15, 0.2) is 0 Å². The maximum atomic E-state index is 13.0. The molecule has 0 atom stereocenters. The molecule has 6 nitrogen and oxygen atoms in total. The van der Waals surface area contributed by atoms with Crippen molar-refractivity contribution in [2.75, 3.05) is 0 Å². The molecular weight excluding hydrogens is 292 g/mol. The summed E-state index contributed by atoms with van der Waals surface area (Å²) in [7, 11) is 0. The molecule has 0 saturated carbocycles. The minimum atomic E-state index is -0.0568. The maximum absolute atomic E-state index is 13.0. The molecule has 3 heterocycles. The van der Waals surface area contributed by atoms with Crippen LogP contribution in [0.1, 0.15) is 22.7 Å². The lowest BCUT2D eigenvalue weighted by Gasteiger charge is -2.12. The Morgan fingerprint density at radius 2 is 1.83 bits per heavy atom. The quantitative estimate of drug-likeness (QED) is 0.571. The van der Waals surface area contributed by atoms with Gasteiger partial charge in [-0.25, -0.2) is 4.98 Å². The van der Waals surface area contributed by atoms with Crippen molar-refractivity contribution in [3.8, 4) is 0 Å². The molecule has 0 N–H and O–H groups in total. The number of aryl methyl sites for hydroxylation is 3. The van der Waals surface area contributed by atoms with Gasteiger partial charge in [-0.3, -0.25) is 9.20 Å². The summed E-state index contributed by atoms with van der Waals surface area (Å²) in [6.07, 6.45) is 1.70. The molecule has 3 aromatic heterocycles. The number of hydrogen-bond acceptors (Lipinski definition) is 4. The van der Waals surface area contributed by atoms with E-state index in [2.05, 4.69) is 10.1 Å². The van der Waals surface area contributed by atoms with Crippen LogP contribution in [0.15, 0.2) is 39.9 Å². The number of para-hydroxylation sites is 2. The van der Waals surface area contributed by atoms with Gasteiger partial charge >= 0.3 is 0 Å². The Balaban J connectivity index is 2.10. The number of nitrogens with zero attached hydrogens (tertiary/aromatic N) is 4. The van der Waals surface area contributed by atoms with Crippen LogP contribution in [0.4, 0.5) is 0 Å². The number of rotatable bonds is 2. The first-order valence-electron chi connectivity index (χ1n) is 7.45. The third kappa shape index (κ3) is 1.91. The predicted octanol–water partition coefficient (Wildman–Crippen LogP) is 2.61. The smallest absolute Gasteiger partial charge is 0.277 e. The number of aromatic nitrogens is 4. The van der Waals surface area contributed by atoms with E-state index in [1.165, 1.54) is 0 Å². The Morgan fingerprint density at radius 3 is 2.52 bits per heavy atom. The van der Waals surface area contributed by atoms with Crippen LogP contribution in [0.25, 0.3) is 16.6 Å². The Bertz CT molecular complexity index is 1080. The van der Waals surface area contributed by atoms with Gasteiger partial charge in [-0.05, 0) is 32.9 Å². The minimum absolute atomic E-state index is 0.0568. The molecule has 116 valence electrons. The highest BCUT2D eigenvalue weighted by Crippen LogP contribution is 2.19. The van der Waals surface area contributed by atoms with E-state index in [-0.39, 0.29) is 5.56 Å². The van der Waals surface area contributed by atoms with Gasteiger partial charge in [-0.15, -0.1) is 0 Å². The summed E-state index contributed by atoms with van der Waals surface area (Å²) in [5.74, 6) is 0.739. The lowest BCUT2D eigenvalue weighted by Crippen LogP contribution is -2.24. The Hall–Kier alpha value is -2.89. The molecule has 0 spiro atoms. The maximum Gasteiger partial charge on any atom is 0.277 e. The first kappa shape index (κ1) is 13.8. The van der Waals surface area contributed by atoms with Crippen molar-refractivity contribution in [1.82, 2.24) is 19.1 Å². The average molecular weight is 308 g/mol.